The van der Waals surface area contributed by atoms with Crippen molar-refractivity contribution >= 4 is 28.9 Å². The van der Waals surface area contributed by atoms with E-state index in [1.54, 1.807) is 25.3 Å². The fraction of sp³-hybridized carbons (Fsp3) is 0.364. The van der Waals surface area contributed by atoms with Crippen LogP contribution in [0, 0.1) is 0 Å². The Labute approximate surface area is 105 Å². The number of carbonyl (C=O) groups excluding carboxylic acids is 1. The predicted molar refractivity (Wildman–Crippen MR) is 69.2 cm³/mol. The molecule has 1 rings (SSSR count). The third kappa shape index (κ3) is 4.93. The normalized spacial score (nSPS) is 10.0. The van der Waals surface area contributed by atoms with E-state index in [1.807, 2.05) is 0 Å². The lowest BCUT2D eigenvalue weighted by atomic mass is 10.2. The highest BCUT2D eigenvalue weighted by atomic mass is 35.5. The number of ether oxygens (including phenoxy) is 1. The third-order valence-electron chi connectivity index (χ3n) is 2.08. The summed E-state index contributed by atoms with van der Waals surface area (Å²) < 4.78 is 4.82. The number of anilines is 2. The topological polar surface area (TPSA) is 76.4 Å². The number of rotatable bonds is 6. The highest BCUT2D eigenvalue weighted by molar-refractivity contribution is 6.31. The zero-order valence-electron chi connectivity index (χ0n) is 9.63. The number of hydrogen-bond donors (Lipinski definition) is 3. The molecule has 1 amide bonds. The minimum absolute atomic E-state index is 0.114. The van der Waals surface area contributed by atoms with Crippen LogP contribution >= 0.6 is 11.6 Å². The Kier molecular flexibility index (Phi) is 5.59. The van der Waals surface area contributed by atoms with E-state index in [-0.39, 0.29) is 12.5 Å². The average Bonchev–Trinajstić information content (AvgIpc) is 2.28. The van der Waals surface area contributed by atoms with E-state index < -0.39 is 0 Å². The van der Waals surface area contributed by atoms with Crippen LogP contribution in [-0.4, -0.2) is 32.7 Å². The Morgan fingerprint density at radius 2 is 2.29 bits per heavy atom. The van der Waals surface area contributed by atoms with Gasteiger partial charge in [-0.3, -0.25) is 4.79 Å². The van der Waals surface area contributed by atoms with E-state index >= 15 is 0 Å². The fourth-order valence-corrected chi connectivity index (χ4v) is 1.41. The number of nitrogens with one attached hydrogen (secondary N) is 2. The Bertz CT molecular complexity index is 385. The van der Waals surface area contributed by atoms with Gasteiger partial charge in [0.2, 0.25) is 5.91 Å². The molecule has 4 N–H and O–H groups in total. The minimum Gasteiger partial charge on any atom is -0.397 e. The van der Waals surface area contributed by atoms with Crippen molar-refractivity contribution in [2.45, 2.75) is 0 Å². The fourth-order valence-electron chi connectivity index (χ4n) is 1.23. The van der Waals surface area contributed by atoms with Crippen LogP contribution in [0.25, 0.3) is 0 Å². The molecule has 0 spiro atoms. The summed E-state index contributed by atoms with van der Waals surface area (Å²) in [6.45, 7) is 1.15. The van der Waals surface area contributed by atoms with E-state index in [4.69, 9.17) is 22.1 Å². The maximum absolute atomic E-state index is 11.4. The quantitative estimate of drug-likeness (QED) is 0.527. The first-order valence-corrected chi connectivity index (χ1v) is 5.56. The number of hydrogen-bond acceptors (Lipinski definition) is 4. The standard InChI is InChI=1S/C11H16ClN3O2/c1-17-5-4-14-11(16)7-15-10-3-2-8(12)6-9(10)13/h2-3,6,15H,4-5,7,13H2,1H3,(H,14,16). The van der Waals surface area contributed by atoms with Crippen LogP contribution in [0.4, 0.5) is 11.4 Å². The maximum Gasteiger partial charge on any atom is 0.239 e. The molecular weight excluding hydrogens is 242 g/mol. The van der Waals surface area contributed by atoms with Gasteiger partial charge in [-0.25, -0.2) is 0 Å². The summed E-state index contributed by atoms with van der Waals surface area (Å²) in [5.74, 6) is -0.114. The molecule has 0 aliphatic heterocycles. The van der Waals surface area contributed by atoms with Gasteiger partial charge in [-0.15, -0.1) is 0 Å². The van der Waals surface area contributed by atoms with Gasteiger partial charge in [0, 0.05) is 18.7 Å². The first-order chi connectivity index (χ1) is 8.13. The molecule has 1 aromatic carbocycles. The van der Waals surface area contributed by atoms with Crippen molar-refractivity contribution in [3.63, 3.8) is 0 Å². The molecule has 5 nitrogen and oxygen atoms in total. The van der Waals surface area contributed by atoms with Crippen LogP contribution < -0.4 is 16.4 Å². The van der Waals surface area contributed by atoms with Crippen LogP contribution in [0.15, 0.2) is 18.2 Å². The van der Waals surface area contributed by atoms with Crippen LogP contribution in [-0.2, 0) is 9.53 Å². The molecule has 0 aliphatic carbocycles. The molecule has 0 aromatic heterocycles. The zero-order valence-corrected chi connectivity index (χ0v) is 10.4. The summed E-state index contributed by atoms with van der Waals surface area (Å²) in [7, 11) is 1.58. The molecule has 0 saturated carbocycles. The number of carbonyl (C=O) groups is 1. The van der Waals surface area contributed by atoms with Gasteiger partial charge in [-0.1, -0.05) is 11.6 Å². The Balaban J connectivity index is 2.37. The van der Waals surface area contributed by atoms with Crippen LogP contribution in [0.3, 0.4) is 0 Å². The second kappa shape index (κ2) is 6.98. The first kappa shape index (κ1) is 13.6. The third-order valence-corrected chi connectivity index (χ3v) is 2.32. The molecule has 0 fully saturated rings. The van der Waals surface area contributed by atoms with E-state index in [0.29, 0.717) is 29.5 Å². The van der Waals surface area contributed by atoms with Crippen molar-refractivity contribution in [1.29, 1.82) is 0 Å². The number of nitrogen functional groups attached to an aromatic ring is 1. The van der Waals surface area contributed by atoms with E-state index in [2.05, 4.69) is 10.6 Å². The summed E-state index contributed by atoms with van der Waals surface area (Å²) in [5.41, 5.74) is 6.94. The van der Waals surface area contributed by atoms with Crippen LogP contribution in [0.2, 0.25) is 5.02 Å². The molecule has 0 atom stereocenters. The van der Waals surface area contributed by atoms with Crippen molar-refractivity contribution < 1.29 is 9.53 Å². The summed E-state index contributed by atoms with van der Waals surface area (Å²) in [4.78, 5) is 11.4. The van der Waals surface area contributed by atoms with E-state index in [1.165, 1.54) is 0 Å². The van der Waals surface area contributed by atoms with Gasteiger partial charge >= 0.3 is 0 Å². The van der Waals surface area contributed by atoms with Crippen molar-refractivity contribution in [2.24, 2.45) is 0 Å². The number of methoxy groups -OCH3 is 1. The van der Waals surface area contributed by atoms with Gasteiger partial charge in [0.25, 0.3) is 0 Å². The summed E-state index contributed by atoms with van der Waals surface area (Å²) in [6.07, 6.45) is 0. The number of halogens is 1. The number of nitrogens with two attached hydrogens (primary N) is 1. The molecule has 0 radical (unpaired) electrons. The van der Waals surface area contributed by atoms with Crippen LogP contribution in [0.5, 0.6) is 0 Å². The molecule has 0 saturated heterocycles. The summed E-state index contributed by atoms with van der Waals surface area (Å²) >= 11 is 5.76. The molecule has 17 heavy (non-hydrogen) atoms. The largest absolute Gasteiger partial charge is 0.397 e. The lowest BCUT2D eigenvalue weighted by Gasteiger charge is -2.09. The van der Waals surface area contributed by atoms with E-state index in [0.717, 1.165) is 0 Å². The monoisotopic (exact) mass is 257 g/mol. The Morgan fingerprint density at radius 1 is 1.53 bits per heavy atom. The molecular formula is C11H16ClN3O2. The van der Waals surface area contributed by atoms with Crippen LogP contribution in [0.1, 0.15) is 0 Å². The lowest BCUT2D eigenvalue weighted by Crippen LogP contribution is -2.32. The van der Waals surface area contributed by atoms with E-state index in [9.17, 15) is 4.79 Å². The van der Waals surface area contributed by atoms with Crippen molar-refractivity contribution in [3.05, 3.63) is 23.2 Å². The number of benzene rings is 1. The Morgan fingerprint density at radius 3 is 2.94 bits per heavy atom. The van der Waals surface area contributed by atoms with Gasteiger partial charge in [-0.05, 0) is 18.2 Å². The molecule has 0 bridgehead atoms. The molecule has 1 aromatic rings. The van der Waals surface area contributed by atoms with Crippen molar-refractivity contribution in [3.8, 4) is 0 Å². The van der Waals surface area contributed by atoms with Gasteiger partial charge < -0.3 is 21.1 Å². The number of amides is 1. The van der Waals surface area contributed by atoms with Gasteiger partial charge in [0.05, 0.1) is 24.5 Å². The second-order valence-corrected chi connectivity index (χ2v) is 3.86. The predicted octanol–water partition coefficient (Wildman–Crippen LogP) is 1.10. The van der Waals surface area contributed by atoms with Gasteiger partial charge in [0.15, 0.2) is 0 Å². The first-order valence-electron chi connectivity index (χ1n) is 5.18. The molecule has 0 heterocycles. The highest BCUT2D eigenvalue weighted by Crippen LogP contribution is 2.22. The Hall–Kier alpha value is -1.46. The SMILES string of the molecule is COCCNC(=O)CNc1ccc(Cl)cc1N. The molecule has 6 heteroatoms. The smallest absolute Gasteiger partial charge is 0.239 e. The van der Waals surface area contributed by atoms with Crippen molar-refractivity contribution in [2.75, 3.05) is 37.9 Å². The second-order valence-electron chi connectivity index (χ2n) is 3.43. The van der Waals surface area contributed by atoms with Gasteiger partial charge in [0.1, 0.15) is 0 Å². The highest BCUT2D eigenvalue weighted by Gasteiger charge is 2.03. The molecule has 0 aliphatic rings. The summed E-state index contributed by atoms with van der Waals surface area (Å²) in [5, 5.41) is 6.19. The van der Waals surface area contributed by atoms with Crippen molar-refractivity contribution in [1.82, 2.24) is 5.32 Å². The maximum atomic E-state index is 11.4. The summed E-state index contributed by atoms with van der Waals surface area (Å²) in [6, 6.07) is 5.08. The van der Waals surface area contributed by atoms with Gasteiger partial charge in [-0.2, -0.15) is 0 Å². The molecule has 0 unspecified atom stereocenters. The zero-order chi connectivity index (χ0) is 12.7. The molecule has 94 valence electrons. The lowest BCUT2D eigenvalue weighted by molar-refractivity contribution is -0.119. The average molecular weight is 258 g/mol. The minimum atomic E-state index is -0.114.